The molecule has 1 aromatic heterocycles. The lowest BCUT2D eigenvalue weighted by molar-refractivity contribution is -0.136. The quantitative estimate of drug-likeness (QED) is 0.844. The number of rotatable bonds is 3. The molecule has 0 bridgehead atoms. The maximum absolute atomic E-state index is 13.3. The minimum atomic E-state index is -0.440. The highest BCUT2D eigenvalue weighted by molar-refractivity contribution is 5.83. The van der Waals surface area contributed by atoms with Crippen molar-refractivity contribution in [3.63, 3.8) is 0 Å². The van der Waals surface area contributed by atoms with Crippen molar-refractivity contribution in [2.45, 2.75) is 77.4 Å². The number of Topliss-reactive ketones (excluding diaryl/α,β-unsaturated/α-hetero) is 1. The molecule has 1 heterocycles. The van der Waals surface area contributed by atoms with Crippen LogP contribution in [-0.4, -0.2) is 31.5 Å². The molecule has 5 aliphatic rings. The molecular formula is C24H35N3O2. The molecule has 5 fully saturated rings. The van der Waals surface area contributed by atoms with Crippen LogP contribution in [0.25, 0.3) is 0 Å². The van der Waals surface area contributed by atoms with Crippen LogP contribution in [0.2, 0.25) is 0 Å². The van der Waals surface area contributed by atoms with E-state index in [1.165, 1.54) is 38.5 Å². The predicted octanol–water partition coefficient (Wildman–Crippen LogP) is 3.72. The van der Waals surface area contributed by atoms with Crippen molar-refractivity contribution in [2.24, 2.45) is 52.8 Å². The van der Waals surface area contributed by atoms with E-state index in [9.17, 15) is 9.90 Å². The van der Waals surface area contributed by atoms with Gasteiger partial charge in [-0.05, 0) is 105 Å². The van der Waals surface area contributed by atoms with Crippen LogP contribution in [0.4, 0.5) is 0 Å². The Balaban J connectivity index is 1.24. The summed E-state index contributed by atoms with van der Waals surface area (Å²) in [7, 11) is 0. The van der Waals surface area contributed by atoms with Crippen LogP contribution >= 0.6 is 0 Å². The maximum Gasteiger partial charge on any atom is 0.160 e. The first-order valence-corrected chi connectivity index (χ1v) is 12.0. The van der Waals surface area contributed by atoms with Gasteiger partial charge in [-0.3, -0.25) is 4.79 Å². The van der Waals surface area contributed by atoms with Crippen LogP contribution in [0, 0.1) is 52.8 Å². The van der Waals surface area contributed by atoms with E-state index in [0.717, 1.165) is 48.3 Å². The summed E-state index contributed by atoms with van der Waals surface area (Å²) in [5.74, 6) is 5.94. The summed E-state index contributed by atoms with van der Waals surface area (Å²) < 4.78 is 0. The van der Waals surface area contributed by atoms with Crippen LogP contribution in [0.3, 0.4) is 0 Å². The van der Waals surface area contributed by atoms with Crippen LogP contribution in [0.15, 0.2) is 12.4 Å². The summed E-state index contributed by atoms with van der Waals surface area (Å²) in [6.45, 7) is 4.84. The van der Waals surface area contributed by atoms with Crippen LogP contribution in [-0.2, 0) is 11.3 Å². The summed E-state index contributed by atoms with van der Waals surface area (Å²) >= 11 is 0. The minimum absolute atomic E-state index is 0.186. The van der Waals surface area contributed by atoms with Gasteiger partial charge < -0.3 is 5.11 Å². The molecule has 5 saturated carbocycles. The first kappa shape index (κ1) is 18.5. The average Bonchev–Trinajstić information content (AvgIpc) is 3.12. The maximum atomic E-state index is 13.3. The van der Waals surface area contributed by atoms with Crippen molar-refractivity contribution in [3.05, 3.63) is 12.4 Å². The van der Waals surface area contributed by atoms with Crippen molar-refractivity contribution in [3.8, 4) is 0 Å². The third-order valence-corrected chi connectivity index (χ3v) is 10.1. The third-order valence-electron chi connectivity index (χ3n) is 10.1. The molecule has 0 saturated heterocycles. The number of aliphatic hydroxyl groups is 1. The van der Waals surface area contributed by atoms with Crippen LogP contribution < -0.4 is 0 Å². The average molecular weight is 398 g/mol. The molecule has 0 amide bonds. The van der Waals surface area contributed by atoms with Gasteiger partial charge >= 0.3 is 0 Å². The Hall–Kier alpha value is -1.23. The lowest BCUT2D eigenvalue weighted by atomic mass is 9.48. The fraction of sp³-hybridized carbons (Fsp3) is 0.875. The number of carbonyl (C=O) groups excluding carboxylic acids is 1. The predicted molar refractivity (Wildman–Crippen MR) is 109 cm³/mol. The van der Waals surface area contributed by atoms with E-state index in [-0.39, 0.29) is 11.3 Å². The summed E-state index contributed by atoms with van der Waals surface area (Å²) in [5.41, 5.74) is -0.254. The van der Waals surface area contributed by atoms with Gasteiger partial charge in [-0.1, -0.05) is 6.92 Å². The van der Waals surface area contributed by atoms with E-state index in [2.05, 4.69) is 17.1 Å². The Bertz CT molecular complexity index is 805. The Morgan fingerprint density at radius 1 is 1.00 bits per heavy atom. The highest BCUT2D eigenvalue weighted by Crippen LogP contribution is 2.74. The topological polar surface area (TPSA) is 68.0 Å². The summed E-state index contributed by atoms with van der Waals surface area (Å²) in [4.78, 5) is 14.9. The number of ketones is 1. The minimum Gasteiger partial charge on any atom is -0.390 e. The van der Waals surface area contributed by atoms with Gasteiger partial charge in [0.05, 0.1) is 18.0 Å². The molecule has 29 heavy (non-hydrogen) atoms. The molecule has 5 nitrogen and oxygen atoms in total. The third kappa shape index (κ3) is 2.72. The highest BCUT2D eigenvalue weighted by atomic mass is 16.3. The Kier molecular flexibility index (Phi) is 3.93. The van der Waals surface area contributed by atoms with E-state index in [1.807, 2.05) is 6.92 Å². The zero-order valence-corrected chi connectivity index (χ0v) is 17.8. The molecule has 5 heteroatoms. The Labute approximate surface area is 173 Å². The van der Waals surface area contributed by atoms with Gasteiger partial charge in [-0.15, -0.1) is 0 Å². The van der Waals surface area contributed by atoms with E-state index in [1.54, 1.807) is 17.2 Å². The summed E-state index contributed by atoms with van der Waals surface area (Å²) in [6, 6.07) is 0. The number of carbonyl (C=O) groups is 1. The van der Waals surface area contributed by atoms with Gasteiger partial charge in [0.1, 0.15) is 6.54 Å². The standard InChI is InChI=1S/C24H35N3O2/c1-23(29)7-5-15-14(12-23)3-4-17-16(15)6-8-24(2)21(17)18-11-19(18)22(24)20(28)13-27-25-9-10-26-27/h9-10,14-19,21-22,29H,3-8,11-13H2,1-2H3/t14?,15-,16+,17+,18+,19-,21+,22+,23+,24-/m0/s1. The molecule has 10 atom stereocenters. The number of hydrogen-bond acceptors (Lipinski definition) is 4. The molecular weight excluding hydrogens is 362 g/mol. The smallest absolute Gasteiger partial charge is 0.160 e. The van der Waals surface area contributed by atoms with Gasteiger partial charge in [-0.2, -0.15) is 15.0 Å². The van der Waals surface area contributed by atoms with E-state index in [4.69, 9.17) is 0 Å². The van der Waals surface area contributed by atoms with Crippen molar-refractivity contribution >= 4 is 5.78 Å². The van der Waals surface area contributed by atoms with E-state index < -0.39 is 5.60 Å². The largest absolute Gasteiger partial charge is 0.390 e. The van der Waals surface area contributed by atoms with Crippen molar-refractivity contribution in [1.82, 2.24) is 15.0 Å². The molecule has 0 aliphatic heterocycles. The van der Waals surface area contributed by atoms with Gasteiger partial charge in [0.15, 0.2) is 5.78 Å². The van der Waals surface area contributed by atoms with Gasteiger partial charge in [0, 0.05) is 5.92 Å². The first-order chi connectivity index (χ1) is 13.9. The molecule has 1 unspecified atom stereocenters. The van der Waals surface area contributed by atoms with E-state index >= 15 is 0 Å². The molecule has 158 valence electrons. The SMILES string of the molecule is C[C@@]1(O)CC[C@H]2C(CC[C@@H]3[C@@H]2CC[C@@]2(C)[C@H]3[C@@H]3C[C@@H]3[C@@H]2C(=O)Cn2nccn2)C1. The molecule has 6 rings (SSSR count). The lowest BCUT2D eigenvalue weighted by Gasteiger charge is -2.57. The normalized spacial score (nSPS) is 52.8. The molecule has 1 N–H and O–H groups in total. The van der Waals surface area contributed by atoms with Crippen molar-refractivity contribution in [2.75, 3.05) is 0 Å². The van der Waals surface area contributed by atoms with Crippen LogP contribution in [0.1, 0.15) is 65.2 Å². The second-order valence-electron chi connectivity index (χ2n) is 11.7. The second kappa shape index (κ2) is 6.15. The highest BCUT2D eigenvalue weighted by Gasteiger charge is 2.70. The number of hydrogen-bond donors (Lipinski definition) is 1. The summed E-state index contributed by atoms with van der Waals surface area (Å²) in [6.07, 6.45) is 12.9. The zero-order chi connectivity index (χ0) is 20.0. The molecule has 1 aromatic rings. The summed E-state index contributed by atoms with van der Waals surface area (Å²) in [5, 5.41) is 19.0. The monoisotopic (exact) mass is 397 g/mol. The zero-order valence-electron chi connectivity index (χ0n) is 17.8. The first-order valence-electron chi connectivity index (χ1n) is 12.0. The lowest BCUT2D eigenvalue weighted by Crippen LogP contribution is -2.52. The molecule has 0 spiro atoms. The molecule has 0 aromatic carbocycles. The Morgan fingerprint density at radius 2 is 1.76 bits per heavy atom. The number of nitrogens with zero attached hydrogens (tertiary/aromatic N) is 3. The van der Waals surface area contributed by atoms with Gasteiger partial charge in [0.25, 0.3) is 0 Å². The molecule has 5 aliphatic carbocycles. The van der Waals surface area contributed by atoms with Crippen molar-refractivity contribution < 1.29 is 9.90 Å². The Morgan fingerprint density at radius 3 is 2.55 bits per heavy atom. The van der Waals surface area contributed by atoms with E-state index in [0.29, 0.717) is 18.2 Å². The van der Waals surface area contributed by atoms with Crippen molar-refractivity contribution in [1.29, 1.82) is 0 Å². The van der Waals surface area contributed by atoms with Crippen LogP contribution in [0.5, 0.6) is 0 Å². The van der Waals surface area contributed by atoms with Gasteiger partial charge in [0.2, 0.25) is 0 Å². The number of aromatic nitrogens is 3. The number of fused-ring (bicyclic) bond motifs is 7. The second-order valence-corrected chi connectivity index (χ2v) is 11.7. The molecule has 0 radical (unpaired) electrons. The fourth-order valence-electron chi connectivity index (χ4n) is 9.22. The fourth-order valence-corrected chi connectivity index (χ4v) is 9.22. The van der Waals surface area contributed by atoms with Gasteiger partial charge in [-0.25, -0.2) is 0 Å².